The maximum atomic E-state index is 12.3. The van der Waals surface area contributed by atoms with Gasteiger partial charge < -0.3 is 10.1 Å². The van der Waals surface area contributed by atoms with Crippen LogP contribution in [0.2, 0.25) is 5.02 Å². The number of hydrogen-bond donors (Lipinski definition) is 1. The highest BCUT2D eigenvalue weighted by atomic mass is 35.5. The van der Waals surface area contributed by atoms with Gasteiger partial charge in [0.25, 0.3) is 17.3 Å². The number of nitrogens with zero attached hydrogens (tertiary/aromatic N) is 2. The van der Waals surface area contributed by atoms with Crippen molar-refractivity contribution >= 4 is 34.6 Å². The molecule has 0 radical (unpaired) electrons. The summed E-state index contributed by atoms with van der Waals surface area (Å²) in [4.78, 5) is 33.1. The van der Waals surface area contributed by atoms with Gasteiger partial charge in [0.2, 0.25) is 0 Å². The highest BCUT2D eigenvalue weighted by molar-refractivity contribution is 6.31. The first-order valence-corrected chi connectivity index (χ1v) is 7.37. The van der Waals surface area contributed by atoms with Crippen molar-refractivity contribution in [1.82, 2.24) is 0 Å². The molecule has 0 saturated carbocycles. The van der Waals surface area contributed by atoms with E-state index in [1.54, 1.807) is 6.92 Å². The molecule has 0 unspecified atom stereocenters. The third-order valence-electron chi connectivity index (χ3n) is 3.13. The van der Waals surface area contributed by atoms with Gasteiger partial charge in [-0.15, -0.1) is 0 Å². The summed E-state index contributed by atoms with van der Waals surface area (Å²) in [6.07, 6.45) is 0. The van der Waals surface area contributed by atoms with E-state index in [1.807, 2.05) is 0 Å². The van der Waals surface area contributed by atoms with Crippen molar-refractivity contribution in [2.24, 2.45) is 0 Å². The van der Waals surface area contributed by atoms with E-state index in [0.717, 1.165) is 12.1 Å². The molecule has 0 bridgehead atoms. The number of ether oxygens (including phenoxy) is 1. The summed E-state index contributed by atoms with van der Waals surface area (Å²) in [5, 5.41) is 24.7. The first kappa shape index (κ1) is 18.1. The molecule has 0 aliphatic rings. The summed E-state index contributed by atoms with van der Waals surface area (Å²) in [5.41, 5.74) is -1.27. The van der Waals surface area contributed by atoms with Gasteiger partial charge in [-0.1, -0.05) is 11.6 Å². The summed E-state index contributed by atoms with van der Waals surface area (Å²) in [5.74, 6) is -0.597. The second-order valence-electron chi connectivity index (χ2n) is 4.74. The van der Waals surface area contributed by atoms with Crippen molar-refractivity contribution < 1.29 is 19.4 Å². The van der Waals surface area contributed by atoms with Gasteiger partial charge in [0.05, 0.1) is 22.5 Å². The number of nitro groups is 2. The number of benzene rings is 2. The molecule has 2 aromatic carbocycles. The number of rotatable bonds is 6. The fraction of sp³-hybridized carbons (Fsp3) is 0.133. The zero-order valence-electron chi connectivity index (χ0n) is 12.9. The summed E-state index contributed by atoms with van der Waals surface area (Å²) in [7, 11) is 0. The molecule has 0 saturated heterocycles. The number of carbonyl (C=O) groups is 1. The van der Waals surface area contributed by atoms with Crippen molar-refractivity contribution in [3.05, 3.63) is 67.2 Å². The van der Waals surface area contributed by atoms with E-state index in [9.17, 15) is 25.0 Å². The van der Waals surface area contributed by atoms with Gasteiger partial charge in [-0.05, 0) is 31.2 Å². The Morgan fingerprint density at radius 2 is 1.80 bits per heavy atom. The Hall–Kier alpha value is -3.20. The zero-order valence-corrected chi connectivity index (χ0v) is 13.6. The van der Waals surface area contributed by atoms with E-state index < -0.39 is 27.1 Å². The number of halogens is 1. The smallest absolute Gasteiger partial charge is 0.296 e. The maximum Gasteiger partial charge on any atom is 0.296 e. The molecule has 9 nitrogen and oxygen atoms in total. The number of hydrogen-bond acceptors (Lipinski definition) is 6. The third-order valence-corrected chi connectivity index (χ3v) is 3.36. The van der Waals surface area contributed by atoms with Crippen LogP contribution in [0.4, 0.5) is 17.1 Å². The molecule has 2 aromatic rings. The molecule has 1 amide bonds. The van der Waals surface area contributed by atoms with E-state index in [2.05, 4.69) is 5.32 Å². The summed E-state index contributed by atoms with van der Waals surface area (Å²) < 4.78 is 5.18. The molecule has 0 aromatic heterocycles. The van der Waals surface area contributed by atoms with Crippen LogP contribution in [0.1, 0.15) is 17.3 Å². The Kier molecular flexibility index (Phi) is 5.50. The molecule has 0 atom stereocenters. The summed E-state index contributed by atoms with van der Waals surface area (Å²) >= 11 is 5.70. The van der Waals surface area contributed by atoms with Crippen LogP contribution >= 0.6 is 11.6 Å². The molecule has 1 N–H and O–H groups in total. The van der Waals surface area contributed by atoms with E-state index in [0.29, 0.717) is 6.61 Å². The number of carbonyl (C=O) groups excluding carboxylic acids is 1. The van der Waals surface area contributed by atoms with Crippen molar-refractivity contribution in [2.75, 3.05) is 11.9 Å². The highest BCUT2D eigenvalue weighted by Gasteiger charge is 2.23. The first-order valence-electron chi connectivity index (χ1n) is 7.00. The Balaban J connectivity index is 2.38. The molecule has 2 rings (SSSR count). The second-order valence-corrected chi connectivity index (χ2v) is 5.18. The molecule has 0 fully saturated rings. The minimum Gasteiger partial charge on any atom is -0.494 e. The minimum absolute atomic E-state index is 0.0929. The van der Waals surface area contributed by atoms with Crippen LogP contribution in [-0.4, -0.2) is 22.4 Å². The molecule has 10 heteroatoms. The summed E-state index contributed by atoms with van der Waals surface area (Å²) in [6, 6.07) is 7.43. The van der Waals surface area contributed by atoms with E-state index in [1.165, 1.54) is 24.3 Å². The lowest BCUT2D eigenvalue weighted by atomic mass is 10.1. The van der Waals surface area contributed by atoms with Gasteiger partial charge in [-0.3, -0.25) is 25.0 Å². The molecular formula is C15H12ClN3O6. The Labute approximate surface area is 146 Å². The standard InChI is InChI=1S/C15H12ClN3O6/c1-2-25-10-4-6-12(14(8-10)19(23)24)17-15(20)11-5-3-9(16)7-13(11)18(21)22/h3-8H,2H2,1H3,(H,17,20). The second kappa shape index (κ2) is 7.58. The molecule has 0 heterocycles. The topological polar surface area (TPSA) is 125 Å². The lowest BCUT2D eigenvalue weighted by Gasteiger charge is -2.09. The van der Waals surface area contributed by atoms with Crippen molar-refractivity contribution in [2.45, 2.75) is 6.92 Å². The van der Waals surface area contributed by atoms with Crippen molar-refractivity contribution in [3.63, 3.8) is 0 Å². The number of anilines is 1. The van der Waals surface area contributed by atoms with Crippen molar-refractivity contribution in [3.8, 4) is 5.75 Å². The number of amides is 1. The monoisotopic (exact) mass is 365 g/mol. The molecule has 25 heavy (non-hydrogen) atoms. The lowest BCUT2D eigenvalue weighted by molar-refractivity contribution is -0.385. The fourth-order valence-electron chi connectivity index (χ4n) is 2.06. The largest absolute Gasteiger partial charge is 0.494 e. The number of nitrogens with one attached hydrogen (secondary N) is 1. The van der Waals surface area contributed by atoms with Gasteiger partial charge in [0.15, 0.2) is 0 Å². The van der Waals surface area contributed by atoms with Gasteiger partial charge in [-0.2, -0.15) is 0 Å². The average Bonchev–Trinajstić information content (AvgIpc) is 2.56. The van der Waals surface area contributed by atoms with Gasteiger partial charge in [0.1, 0.15) is 17.0 Å². The Bertz CT molecular complexity index is 855. The highest BCUT2D eigenvalue weighted by Crippen LogP contribution is 2.31. The van der Waals surface area contributed by atoms with Crippen LogP contribution in [0.25, 0.3) is 0 Å². The van der Waals surface area contributed by atoms with Crippen LogP contribution < -0.4 is 10.1 Å². The zero-order chi connectivity index (χ0) is 18.6. The first-order chi connectivity index (χ1) is 11.8. The van der Waals surface area contributed by atoms with Crippen LogP contribution in [0.3, 0.4) is 0 Å². The SMILES string of the molecule is CCOc1ccc(NC(=O)c2ccc(Cl)cc2[N+](=O)[O-])c([N+](=O)[O-])c1. The van der Waals surface area contributed by atoms with E-state index in [4.69, 9.17) is 16.3 Å². The third kappa shape index (κ3) is 4.21. The van der Waals surface area contributed by atoms with E-state index >= 15 is 0 Å². The molecule has 0 aliphatic carbocycles. The molecule has 0 aliphatic heterocycles. The van der Waals surface area contributed by atoms with Gasteiger partial charge in [0, 0.05) is 11.1 Å². The normalized spacial score (nSPS) is 10.2. The van der Waals surface area contributed by atoms with Crippen LogP contribution in [0.5, 0.6) is 5.75 Å². The minimum atomic E-state index is -0.865. The van der Waals surface area contributed by atoms with Crippen LogP contribution in [0.15, 0.2) is 36.4 Å². The average molecular weight is 366 g/mol. The Morgan fingerprint density at radius 1 is 1.12 bits per heavy atom. The summed E-state index contributed by atoms with van der Waals surface area (Å²) in [6.45, 7) is 2.04. The quantitative estimate of drug-likeness (QED) is 0.613. The molecule has 130 valence electrons. The fourth-order valence-corrected chi connectivity index (χ4v) is 2.23. The van der Waals surface area contributed by atoms with E-state index in [-0.39, 0.29) is 22.0 Å². The van der Waals surface area contributed by atoms with Crippen LogP contribution in [-0.2, 0) is 0 Å². The van der Waals surface area contributed by atoms with Crippen LogP contribution in [0, 0.1) is 20.2 Å². The lowest BCUT2D eigenvalue weighted by Crippen LogP contribution is -2.15. The molecular weight excluding hydrogens is 354 g/mol. The molecule has 0 spiro atoms. The van der Waals surface area contributed by atoms with Crippen molar-refractivity contribution in [1.29, 1.82) is 0 Å². The Morgan fingerprint density at radius 3 is 2.40 bits per heavy atom. The predicted molar refractivity (Wildman–Crippen MR) is 90.3 cm³/mol. The maximum absolute atomic E-state index is 12.3. The number of nitro benzene ring substituents is 2. The van der Waals surface area contributed by atoms with Gasteiger partial charge in [-0.25, -0.2) is 0 Å². The predicted octanol–water partition coefficient (Wildman–Crippen LogP) is 3.81. The van der Waals surface area contributed by atoms with Gasteiger partial charge >= 0.3 is 0 Å².